The lowest BCUT2D eigenvalue weighted by molar-refractivity contribution is 0.0986. The van der Waals surface area contributed by atoms with E-state index in [-0.39, 0.29) is 11.4 Å². The normalized spacial score (nSPS) is 14.8. The number of methoxy groups -OCH3 is 2. The lowest BCUT2D eigenvalue weighted by Gasteiger charge is -2.36. The van der Waals surface area contributed by atoms with Gasteiger partial charge in [0.25, 0.3) is 5.91 Å². The molecular formula is C30H25N3O3S2. The highest BCUT2D eigenvalue weighted by Crippen LogP contribution is 2.47. The van der Waals surface area contributed by atoms with Crippen LogP contribution in [0.2, 0.25) is 0 Å². The minimum Gasteiger partial charge on any atom is -0.497 e. The number of carbonyl (C=O) groups excluding carboxylic acids is 1. The smallest absolute Gasteiger partial charge is 0.273 e. The predicted octanol–water partition coefficient (Wildman–Crippen LogP) is 7.37. The maximum atomic E-state index is 14.1. The summed E-state index contributed by atoms with van der Waals surface area (Å²) in [6.07, 6.45) is 1.99. The molecule has 190 valence electrons. The van der Waals surface area contributed by atoms with Gasteiger partial charge in [-0.2, -0.15) is 0 Å². The highest BCUT2D eigenvalue weighted by Gasteiger charge is 2.38. The third-order valence-electron chi connectivity index (χ3n) is 6.62. The second-order valence-corrected chi connectivity index (χ2v) is 10.6. The topological polar surface area (TPSA) is 63.7 Å². The molecule has 5 aromatic rings. The van der Waals surface area contributed by atoms with Gasteiger partial charge in [0, 0.05) is 10.9 Å². The van der Waals surface area contributed by atoms with E-state index in [1.54, 1.807) is 30.9 Å². The van der Waals surface area contributed by atoms with Crippen molar-refractivity contribution in [3.63, 3.8) is 0 Å². The van der Waals surface area contributed by atoms with Crippen LogP contribution < -0.4 is 19.7 Å². The Balaban J connectivity index is 1.57. The quantitative estimate of drug-likeness (QED) is 0.243. The second-order valence-electron chi connectivity index (χ2n) is 8.72. The Hall–Kier alpha value is -4.01. The van der Waals surface area contributed by atoms with Crippen molar-refractivity contribution in [1.82, 2.24) is 4.98 Å². The van der Waals surface area contributed by atoms with Gasteiger partial charge in [0.15, 0.2) is 5.50 Å². The van der Waals surface area contributed by atoms with Crippen LogP contribution in [-0.2, 0) is 0 Å². The van der Waals surface area contributed by atoms with E-state index in [1.807, 2.05) is 73.0 Å². The van der Waals surface area contributed by atoms with Gasteiger partial charge >= 0.3 is 0 Å². The van der Waals surface area contributed by atoms with Gasteiger partial charge in [0.1, 0.15) is 21.2 Å². The summed E-state index contributed by atoms with van der Waals surface area (Å²) in [5, 5.41) is 4.61. The molecule has 1 unspecified atom stereocenters. The van der Waals surface area contributed by atoms with E-state index >= 15 is 0 Å². The lowest BCUT2D eigenvalue weighted by atomic mass is 9.99. The number of hydrogen-bond donors (Lipinski definition) is 1. The molecule has 0 saturated heterocycles. The summed E-state index contributed by atoms with van der Waals surface area (Å²) in [7, 11) is 3.28. The number of anilines is 2. The highest BCUT2D eigenvalue weighted by molar-refractivity contribution is 7.99. The summed E-state index contributed by atoms with van der Waals surface area (Å²) >= 11 is 2.98. The van der Waals surface area contributed by atoms with Gasteiger partial charge in [-0.3, -0.25) is 9.69 Å². The number of carbonyl (C=O) groups is 1. The molecule has 8 heteroatoms. The Morgan fingerprint density at radius 1 is 0.921 bits per heavy atom. The molecule has 0 aliphatic carbocycles. The van der Waals surface area contributed by atoms with E-state index in [2.05, 4.69) is 23.5 Å². The first-order chi connectivity index (χ1) is 18.6. The van der Waals surface area contributed by atoms with Crippen LogP contribution in [0.15, 0.2) is 84.9 Å². The fourth-order valence-corrected chi connectivity index (χ4v) is 6.53. The summed E-state index contributed by atoms with van der Waals surface area (Å²) < 4.78 is 10.9. The molecule has 1 aliphatic heterocycles. The van der Waals surface area contributed by atoms with Crippen molar-refractivity contribution in [1.29, 1.82) is 0 Å². The minimum atomic E-state index is -0.311. The molecule has 3 aromatic carbocycles. The number of fused-ring (bicyclic) bond motifs is 3. The predicted molar refractivity (Wildman–Crippen MR) is 158 cm³/mol. The molecule has 0 radical (unpaired) electrons. The molecule has 6 rings (SSSR count). The molecule has 3 heterocycles. The minimum absolute atomic E-state index is 0.0735. The molecule has 1 amide bonds. The van der Waals surface area contributed by atoms with Gasteiger partial charge in [-0.15, -0.1) is 23.1 Å². The molecule has 0 spiro atoms. The third kappa shape index (κ3) is 4.06. The number of aromatic nitrogens is 1. The van der Waals surface area contributed by atoms with Crippen LogP contribution in [0.4, 0.5) is 11.4 Å². The Kier molecular flexibility index (Phi) is 6.43. The zero-order valence-corrected chi connectivity index (χ0v) is 22.7. The molecule has 1 N–H and O–H groups in total. The highest BCUT2D eigenvalue weighted by atomic mass is 32.2. The van der Waals surface area contributed by atoms with Crippen molar-refractivity contribution in [2.75, 3.05) is 30.7 Å². The van der Waals surface area contributed by atoms with Crippen molar-refractivity contribution in [3.8, 4) is 33.9 Å². The Labute approximate surface area is 229 Å². The van der Waals surface area contributed by atoms with E-state index < -0.39 is 0 Å². The van der Waals surface area contributed by atoms with E-state index in [0.29, 0.717) is 10.6 Å². The number of ether oxygens (including phenoxy) is 2. The number of rotatable bonds is 6. The van der Waals surface area contributed by atoms with Gasteiger partial charge in [0.2, 0.25) is 0 Å². The number of pyridine rings is 1. The van der Waals surface area contributed by atoms with Crippen LogP contribution in [0.1, 0.15) is 9.67 Å². The van der Waals surface area contributed by atoms with Crippen molar-refractivity contribution >= 4 is 50.6 Å². The van der Waals surface area contributed by atoms with Crippen molar-refractivity contribution in [2.24, 2.45) is 0 Å². The summed E-state index contributed by atoms with van der Waals surface area (Å²) in [6.45, 7) is 0. The van der Waals surface area contributed by atoms with Gasteiger partial charge in [-0.25, -0.2) is 4.98 Å². The first-order valence-electron chi connectivity index (χ1n) is 12.1. The molecule has 0 fully saturated rings. The van der Waals surface area contributed by atoms with E-state index in [4.69, 9.17) is 14.5 Å². The Bertz CT molecular complexity index is 1630. The summed E-state index contributed by atoms with van der Waals surface area (Å²) in [6, 6.07) is 27.8. The van der Waals surface area contributed by atoms with Crippen LogP contribution in [-0.4, -0.2) is 36.9 Å². The average molecular weight is 540 g/mol. The third-order valence-corrected chi connectivity index (χ3v) is 8.46. The van der Waals surface area contributed by atoms with Crippen LogP contribution in [0.5, 0.6) is 11.5 Å². The summed E-state index contributed by atoms with van der Waals surface area (Å²) in [5.41, 5.74) is 5.16. The fraction of sp³-hybridized carbons (Fsp3) is 0.133. The standard InChI is InChI=1S/C30H25N3O3S2/c1-35-20-15-13-19(14-16-20)22-17-21(18-9-5-4-6-10-18)25-26-27(38-28(25)31-22)29(34)33(30(32-26)37-3)23-11-7-8-12-24(23)36-2/h4-17,30,32H,1-3H3. The average Bonchev–Trinajstić information content (AvgIpc) is 3.36. The molecule has 1 atom stereocenters. The van der Waals surface area contributed by atoms with Crippen molar-refractivity contribution in [2.45, 2.75) is 5.50 Å². The van der Waals surface area contributed by atoms with Gasteiger partial charge < -0.3 is 14.8 Å². The molecule has 1 aliphatic rings. The van der Waals surface area contributed by atoms with Crippen LogP contribution in [0.25, 0.3) is 32.6 Å². The molecular weight excluding hydrogens is 514 g/mol. The molecule has 0 saturated carbocycles. The number of nitrogens with one attached hydrogen (secondary N) is 1. The van der Waals surface area contributed by atoms with Crippen molar-refractivity contribution < 1.29 is 14.3 Å². The van der Waals surface area contributed by atoms with Gasteiger partial charge in [-0.05, 0) is 59.8 Å². The number of amides is 1. The number of benzene rings is 3. The summed E-state index contributed by atoms with van der Waals surface area (Å²) in [4.78, 5) is 22.3. The molecule has 6 nitrogen and oxygen atoms in total. The second kappa shape index (κ2) is 10.0. The van der Waals surface area contributed by atoms with E-state index in [1.165, 1.54) is 11.3 Å². The number of thioether (sulfide) groups is 1. The van der Waals surface area contributed by atoms with Crippen LogP contribution in [0.3, 0.4) is 0 Å². The maximum absolute atomic E-state index is 14.1. The Morgan fingerprint density at radius 2 is 1.66 bits per heavy atom. The van der Waals surface area contributed by atoms with Crippen LogP contribution >= 0.6 is 23.1 Å². The maximum Gasteiger partial charge on any atom is 0.273 e. The molecule has 38 heavy (non-hydrogen) atoms. The first kappa shape index (κ1) is 24.3. The SMILES string of the molecule is COc1ccc(-c2cc(-c3ccccc3)c3c4c(sc3n2)C(=O)N(c2ccccc2OC)C(SC)N4)cc1. The van der Waals surface area contributed by atoms with Crippen molar-refractivity contribution in [3.05, 3.63) is 89.8 Å². The molecule has 0 bridgehead atoms. The first-order valence-corrected chi connectivity index (χ1v) is 14.2. The zero-order valence-electron chi connectivity index (χ0n) is 21.1. The van der Waals surface area contributed by atoms with E-state index in [9.17, 15) is 4.79 Å². The largest absolute Gasteiger partial charge is 0.497 e. The van der Waals surface area contributed by atoms with E-state index in [0.717, 1.165) is 49.7 Å². The number of para-hydroxylation sites is 2. The fourth-order valence-electron chi connectivity index (χ4n) is 4.77. The van der Waals surface area contributed by atoms with Gasteiger partial charge in [0.05, 0.1) is 31.3 Å². The number of thiophene rings is 1. The summed E-state index contributed by atoms with van der Waals surface area (Å²) in [5.74, 6) is 1.37. The Morgan fingerprint density at radius 3 is 2.37 bits per heavy atom. The lowest BCUT2D eigenvalue weighted by Crippen LogP contribution is -2.46. The van der Waals surface area contributed by atoms with Gasteiger partial charge in [-0.1, -0.05) is 42.5 Å². The zero-order chi connectivity index (χ0) is 26.2. The number of nitrogens with zero attached hydrogens (tertiary/aromatic N) is 2. The monoisotopic (exact) mass is 539 g/mol. The number of hydrogen-bond acceptors (Lipinski definition) is 7. The molecule has 2 aromatic heterocycles. The van der Waals surface area contributed by atoms with Crippen LogP contribution in [0, 0.1) is 0 Å².